The van der Waals surface area contributed by atoms with Crippen LogP contribution in [0.1, 0.15) is 10.4 Å². The summed E-state index contributed by atoms with van der Waals surface area (Å²) in [5, 5.41) is 9.49. The Morgan fingerprint density at radius 3 is 3.00 bits per heavy atom. The first-order valence-corrected chi connectivity index (χ1v) is 6.61. The van der Waals surface area contributed by atoms with Crippen LogP contribution in [0.15, 0.2) is 33.6 Å². The Hall–Kier alpha value is -1.40. The quantitative estimate of drug-likeness (QED) is 0.915. The summed E-state index contributed by atoms with van der Waals surface area (Å²) in [6.07, 6.45) is 1.65. The van der Waals surface area contributed by atoms with Crippen molar-refractivity contribution in [1.29, 1.82) is 0 Å². The minimum atomic E-state index is -0.179. The largest absolute Gasteiger partial charge is 0.372 e. The summed E-state index contributed by atoms with van der Waals surface area (Å²) >= 11 is 4.84. The lowest BCUT2D eigenvalue weighted by atomic mass is 10.2. The molecule has 2 aromatic heterocycles. The third kappa shape index (κ3) is 2.83. The van der Waals surface area contributed by atoms with Crippen LogP contribution in [0.25, 0.3) is 0 Å². The fourth-order valence-electron chi connectivity index (χ4n) is 1.35. The molecule has 0 fully saturated rings. The number of rotatable bonds is 3. The van der Waals surface area contributed by atoms with Crippen LogP contribution in [0, 0.1) is 0 Å². The summed E-state index contributed by atoms with van der Waals surface area (Å²) in [6.45, 7) is 0. The molecule has 88 valence electrons. The van der Waals surface area contributed by atoms with E-state index in [4.69, 9.17) is 0 Å². The van der Waals surface area contributed by atoms with Gasteiger partial charge in [0.25, 0.3) is 5.91 Å². The highest BCUT2D eigenvalue weighted by Gasteiger charge is 2.12. The molecule has 0 radical (unpaired) electrons. The second-order valence-electron chi connectivity index (χ2n) is 3.27. The minimum absolute atomic E-state index is 0.179. The van der Waals surface area contributed by atoms with Gasteiger partial charge in [-0.1, -0.05) is 0 Å². The van der Waals surface area contributed by atoms with Gasteiger partial charge >= 0.3 is 0 Å². The fourth-order valence-corrected chi connectivity index (χ4v) is 2.26. The van der Waals surface area contributed by atoms with E-state index < -0.39 is 0 Å². The standard InChI is InChI=1S/C11H10BrN3OS/c1-13-10-9(4-7(12)5-14-10)11(16)15-8-2-3-17-6-8/h2-6H,1H3,(H,13,14)(H,15,16). The predicted octanol–water partition coefficient (Wildman–Crippen LogP) is 3.20. The average molecular weight is 312 g/mol. The minimum Gasteiger partial charge on any atom is -0.372 e. The first kappa shape index (κ1) is 12.1. The van der Waals surface area contributed by atoms with Crippen LogP contribution in [-0.4, -0.2) is 17.9 Å². The van der Waals surface area contributed by atoms with Crippen LogP contribution in [0.4, 0.5) is 11.5 Å². The normalized spacial score (nSPS) is 10.0. The molecule has 0 aliphatic heterocycles. The molecular weight excluding hydrogens is 302 g/mol. The number of aromatic nitrogens is 1. The van der Waals surface area contributed by atoms with E-state index in [2.05, 4.69) is 31.5 Å². The topological polar surface area (TPSA) is 54.0 Å². The lowest BCUT2D eigenvalue weighted by molar-refractivity contribution is 0.102. The summed E-state index contributed by atoms with van der Waals surface area (Å²) in [7, 11) is 1.73. The van der Waals surface area contributed by atoms with Gasteiger partial charge < -0.3 is 10.6 Å². The zero-order valence-corrected chi connectivity index (χ0v) is 11.4. The lowest BCUT2D eigenvalue weighted by Crippen LogP contribution is -2.14. The Balaban J connectivity index is 2.26. The first-order chi connectivity index (χ1) is 8.20. The SMILES string of the molecule is CNc1ncc(Br)cc1C(=O)Nc1ccsc1. The van der Waals surface area contributed by atoms with E-state index in [0.29, 0.717) is 11.4 Å². The van der Waals surface area contributed by atoms with E-state index in [9.17, 15) is 4.79 Å². The van der Waals surface area contributed by atoms with Gasteiger partial charge in [0.05, 0.1) is 11.3 Å². The van der Waals surface area contributed by atoms with Gasteiger partial charge in [0, 0.05) is 23.1 Å². The van der Waals surface area contributed by atoms with E-state index in [1.807, 2.05) is 16.8 Å². The van der Waals surface area contributed by atoms with Crippen LogP contribution in [0.2, 0.25) is 0 Å². The highest BCUT2D eigenvalue weighted by molar-refractivity contribution is 9.10. The number of anilines is 2. The second-order valence-corrected chi connectivity index (χ2v) is 4.96. The van der Waals surface area contributed by atoms with Crippen molar-refractivity contribution in [2.24, 2.45) is 0 Å². The molecule has 0 aliphatic carbocycles. The molecule has 2 aromatic rings. The number of nitrogens with zero attached hydrogens (tertiary/aromatic N) is 1. The summed E-state index contributed by atoms with van der Waals surface area (Å²) in [6, 6.07) is 3.59. The number of hydrogen-bond acceptors (Lipinski definition) is 4. The number of carbonyl (C=O) groups is 1. The third-order valence-corrected chi connectivity index (χ3v) is 3.23. The number of pyridine rings is 1. The maximum Gasteiger partial charge on any atom is 0.259 e. The van der Waals surface area contributed by atoms with Crippen LogP contribution in [0.3, 0.4) is 0 Å². The molecule has 2 rings (SSSR count). The maximum atomic E-state index is 12.0. The molecule has 0 aromatic carbocycles. The highest BCUT2D eigenvalue weighted by Crippen LogP contribution is 2.20. The van der Waals surface area contributed by atoms with Crippen LogP contribution >= 0.6 is 27.3 Å². The zero-order chi connectivity index (χ0) is 12.3. The van der Waals surface area contributed by atoms with Gasteiger partial charge in [0.1, 0.15) is 5.82 Å². The number of nitrogens with one attached hydrogen (secondary N) is 2. The summed E-state index contributed by atoms with van der Waals surface area (Å²) in [4.78, 5) is 16.2. The van der Waals surface area contributed by atoms with Crippen molar-refractivity contribution in [3.8, 4) is 0 Å². The molecule has 0 saturated heterocycles. The molecule has 0 atom stereocenters. The number of amides is 1. The molecule has 2 N–H and O–H groups in total. The van der Waals surface area contributed by atoms with Gasteiger partial charge in [0.2, 0.25) is 0 Å². The summed E-state index contributed by atoms with van der Waals surface area (Å²) < 4.78 is 0.770. The zero-order valence-electron chi connectivity index (χ0n) is 9.03. The van der Waals surface area contributed by atoms with Crippen molar-refractivity contribution in [3.05, 3.63) is 39.1 Å². The third-order valence-electron chi connectivity index (χ3n) is 2.11. The van der Waals surface area contributed by atoms with Crippen LogP contribution in [-0.2, 0) is 0 Å². The molecule has 0 saturated carbocycles. The molecule has 17 heavy (non-hydrogen) atoms. The van der Waals surface area contributed by atoms with E-state index in [-0.39, 0.29) is 5.91 Å². The van der Waals surface area contributed by atoms with Crippen molar-refractivity contribution < 1.29 is 4.79 Å². The first-order valence-electron chi connectivity index (χ1n) is 4.87. The van der Waals surface area contributed by atoms with E-state index in [0.717, 1.165) is 10.2 Å². The summed E-state index contributed by atoms with van der Waals surface area (Å²) in [5.41, 5.74) is 1.30. The molecule has 6 heteroatoms. The van der Waals surface area contributed by atoms with Crippen molar-refractivity contribution in [2.45, 2.75) is 0 Å². The Kier molecular flexibility index (Phi) is 3.75. The van der Waals surface area contributed by atoms with Gasteiger partial charge in [-0.2, -0.15) is 11.3 Å². The maximum absolute atomic E-state index is 12.0. The molecule has 0 spiro atoms. The van der Waals surface area contributed by atoms with Gasteiger partial charge in [0.15, 0.2) is 0 Å². The van der Waals surface area contributed by atoms with Gasteiger partial charge in [-0.25, -0.2) is 4.98 Å². The highest BCUT2D eigenvalue weighted by atomic mass is 79.9. The van der Waals surface area contributed by atoms with Crippen molar-refractivity contribution in [1.82, 2.24) is 4.98 Å². The second kappa shape index (κ2) is 5.29. The number of thiophene rings is 1. The van der Waals surface area contributed by atoms with Crippen molar-refractivity contribution in [3.63, 3.8) is 0 Å². The van der Waals surface area contributed by atoms with Crippen LogP contribution in [0.5, 0.6) is 0 Å². The Morgan fingerprint density at radius 1 is 1.53 bits per heavy atom. The van der Waals surface area contributed by atoms with E-state index >= 15 is 0 Å². The van der Waals surface area contributed by atoms with E-state index in [1.165, 1.54) is 11.3 Å². The molecular formula is C11H10BrN3OS. The monoisotopic (exact) mass is 311 g/mol. The van der Waals surface area contributed by atoms with Gasteiger partial charge in [-0.15, -0.1) is 0 Å². The Labute approximate surface area is 111 Å². The number of carbonyl (C=O) groups excluding carboxylic acids is 1. The number of halogens is 1. The molecule has 0 unspecified atom stereocenters. The predicted molar refractivity (Wildman–Crippen MR) is 73.8 cm³/mol. The molecule has 0 bridgehead atoms. The number of hydrogen-bond donors (Lipinski definition) is 2. The van der Waals surface area contributed by atoms with Crippen molar-refractivity contribution >= 4 is 44.7 Å². The smallest absolute Gasteiger partial charge is 0.259 e. The fraction of sp³-hybridized carbons (Fsp3) is 0.0909. The Bertz CT molecular complexity index is 528. The molecule has 0 aliphatic rings. The molecule has 1 amide bonds. The summed E-state index contributed by atoms with van der Waals surface area (Å²) in [5.74, 6) is 0.377. The van der Waals surface area contributed by atoms with Crippen molar-refractivity contribution in [2.75, 3.05) is 17.7 Å². The molecule has 4 nitrogen and oxygen atoms in total. The van der Waals surface area contributed by atoms with Crippen LogP contribution < -0.4 is 10.6 Å². The molecule has 2 heterocycles. The Morgan fingerprint density at radius 2 is 2.35 bits per heavy atom. The van der Waals surface area contributed by atoms with E-state index in [1.54, 1.807) is 19.3 Å². The van der Waals surface area contributed by atoms with Gasteiger partial charge in [-0.3, -0.25) is 4.79 Å². The average Bonchev–Trinajstić information content (AvgIpc) is 2.81. The lowest BCUT2D eigenvalue weighted by Gasteiger charge is -2.08. The van der Waals surface area contributed by atoms with Gasteiger partial charge in [-0.05, 0) is 33.4 Å².